The van der Waals surface area contributed by atoms with Gasteiger partial charge in [-0.05, 0) is 42.2 Å². The van der Waals surface area contributed by atoms with Crippen molar-refractivity contribution in [2.24, 2.45) is 11.8 Å². The average molecular weight is 447 g/mol. The Morgan fingerprint density at radius 1 is 0.833 bits per heavy atom. The SMILES string of the molecule is CCCCC(CC)COc1cc2scc(OCC(CC)CCCC)c2c2sccc12. The topological polar surface area (TPSA) is 18.5 Å². The van der Waals surface area contributed by atoms with Gasteiger partial charge in [0.05, 0.1) is 23.3 Å². The van der Waals surface area contributed by atoms with E-state index in [2.05, 4.69) is 50.6 Å². The molecule has 0 spiro atoms. The summed E-state index contributed by atoms with van der Waals surface area (Å²) in [5.74, 6) is 3.39. The van der Waals surface area contributed by atoms with Gasteiger partial charge < -0.3 is 9.47 Å². The Balaban J connectivity index is 1.78. The van der Waals surface area contributed by atoms with Crippen LogP contribution in [-0.4, -0.2) is 13.2 Å². The Kier molecular flexibility index (Phi) is 9.32. The van der Waals surface area contributed by atoms with Crippen molar-refractivity contribution < 1.29 is 9.47 Å². The van der Waals surface area contributed by atoms with E-state index in [1.54, 1.807) is 22.7 Å². The zero-order valence-corrected chi connectivity index (χ0v) is 20.8. The van der Waals surface area contributed by atoms with Crippen LogP contribution in [0, 0.1) is 11.8 Å². The van der Waals surface area contributed by atoms with Gasteiger partial charge in [-0.25, -0.2) is 0 Å². The molecule has 166 valence electrons. The number of hydrogen-bond donors (Lipinski definition) is 0. The second-order valence-electron chi connectivity index (χ2n) is 8.47. The normalized spacial score (nSPS) is 13.7. The highest BCUT2D eigenvalue weighted by Crippen LogP contribution is 2.44. The Morgan fingerprint density at radius 3 is 2.07 bits per heavy atom. The van der Waals surface area contributed by atoms with E-state index in [4.69, 9.17) is 9.47 Å². The molecule has 0 bridgehead atoms. The van der Waals surface area contributed by atoms with Gasteiger partial charge in [0.1, 0.15) is 11.5 Å². The van der Waals surface area contributed by atoms with E-state index < -0.39 is 0 Å². The average Bonchev–Trinajstić information content (AvgIpc) is 3.40. The fourth-order valence-corrected chi connectivity index (χ4v) is 5.96. The molecule has 0 amide bonds. The lowest BCUT2D eigenvalue weighted by Crippen LogP contribution is -2.11. The van der Waals surface area contributed by atoms with Crippen LogP contribution < -0.4 is 9.47 Å². The van der Waals surface area contributed by atoms with Gasteiger partial charge in [0, 0.05) is 15.5 Å². The maximum atomic E-state index is 6.38. The number of thiophene rings is 2. The molecule has 0 aliphatic rings. The van der Waals surface area contributed by atoms with Crippen LogP contribution in [0.25, 0.3) is 20.2 Å². The molecule has 0 aliphatic carbocycles. The van der Waals surface area contributed by atoms with E-state index in [0.29, 0.717) is 11.8 Å². The molecule has 2 heterocycles. The number of hydrogen-bond acceptors (Lipinski definition) is 4. The van der Waals surface area contributed by atoms with Gasteiger partial charge in [0.15, 0.2) is 0 Å². The molecule has 2 aromatic heterocycles. The van der Waals surface area contributed by atoms with Crippen molar-refractivity contribution in [2.45, 2.75) is 79.1 Å². The Labute approximate surface area is 190 Å². The lowest BCUT2D eigenvalue weighted by atomic mass is 10.0. The molecule has 1 aromatic carbocycles. The van der Waals surface area contributed by atoms with Crippen LogP contribution >= 0.6 is 22.7 Å². The molecule has 0 saturated heterocycles. The molecule has 2 atom stereocenters. The van der Waals surface area contributed by atoms with Gasteiger partial charge >= 0.3 is 0 Å². The maximum absolute atomic E-state index is 6.38. The first-order valence-electron chi connectivity index (χ1n) is 11.9. The van der Waals surface area contributed by atoms with E-state index >= 15 is 0 Å². The molecule has 2 unspecified atom stereocenters. The summed E-state index contributed by atoms with van der Waals surface area (Å²) in [6.45, 7) is 10.7. The number of benzene rings is 1. The molecule has 3 rings (SSSR count). The number of ether oxygens (including phenoxy) is 2. The van der Waals surface area contributed by atoms with Crippen LogP contribution in [0.15, 0.2) is 22.9 Å². The van der Waals surface area contributed by atoms with Crippen molar-refractivity contribution in [3.05, 3.63) is 22.9 Å². The van der Waals surface area contributed by atoms with Crippen molar-refractivity contribution in [1.82, 2.24) is 0 Å². The summed E-state index contributed by atoms with van der Waals surface area (Å²) in [6.07, 6.45) is 9.98. The maximum Gasteiger partial charge on any atom is 0.139 e. The minimum absolute atomic E-state index is 0.644. The summed E-state index contributed by atoms with van der Waals surface area (Å²) < 4.78 is 15.3. The van der Waals surface area contributed by atoms with Crippen molar-refractivity contribution in [3.8, 4) is 11.5 Å². The zero-order valence-electron chi connectivity index (χ0n) is 19.2. The van der Waals surface area contributed by atoms with Crippen molar-refractivity contribution in [3.63, 3.8) is 0 Å². The molecule has 4 heteroatoms. The van der Waals surface area contributed by atoms with Crippen LogP contribution in [0.3, 0.4) is 0 Å². The van der Waals surface area contributed by atoms with Crippen LogP contribution in [0.4, 0.5) is 0 Å². The lowest BCUT2D eigenvalue weighted by molar-refractivity contribution is 0.235. The molecule has 0 saturated carbocycles. The highest BCUT2D eigenvalue weighted by Gasteiger charge is 2.17. The summed E-state index contributed by atoms with van der Waals surface area (Å²) in [7, 11) is 0. The predicted octanol–water partition coefficient (Wildman–Crippen LogP) is 9.31. The molecule has 3 aromatic rings. The minimum atomic E-state index is 0.644. The number of unbranched alkanes of at least 4 members (excludes halogenated alkanes) is 2. The van der Waals surface area contributed by atoms with E-state index in [1.165, 1.54) is 71.5 Å². The van der Waals surface area contributed by atoms with Crippen LogP contribution in [0.2, 0.25) is 0 Å². The van der Waals surface area contributed by atoms with Gasteiger partial charge in [-0.2, -0.15) is 0 Å². The lowest BCUT2D eigenvalue weighted by Gasteiger charge is -2.17. The van der Waals surface area contributed by atoms with E-state index in [0.717, 1.165) is 24.7 Å². The third kappa shape index (κ3) is 5.70. The summed E-state index contributed by atoms with van der Waals surface area (Å²) in [5, 5.41) is 6.89. The van der Waals surface area contributed by atoms with Gasteiger partial charge in [0.25, 0.3) is 0 Å². The predicted molar refractivity (Wildman–Crippen MR) is 135 cm³/mol. The van der Waals surface area contributed by atoms with Crippen molar-refractivity contribution in [1.29, 1.82) is 0 Å². The second kappa shape index (κ2) is 12.0. The Bertz CT molecular complexity index is 895. The molecule has 0 radical (unpaired) electrons. The highest BCUT2D eigenvalue weighted by molar-refractivity contribution is 7.21. The molecule has 2 nitrogen and oxygen atoms in total. The Hall–Kier alpha value is -1.26. The van der Waals surface area contributed by atoms with Gasteiger partial charge in [-0.15, -0.1) is 22.7 Å². The molecule has 0 fully saturated rings. The summed E-state index contributed by atoms with van der Waals surface area (Å²) in [5.41, 5.74) is 0. The summed E-state index contributed by atoms with van der Waals surface area (Å²) >= 11 is 3.58. The van der Waals surface area contributed by atoms with Gasteiger partial charge in [-0.3, -0.25) is 0 Å². The third-order valence-electron chi connectivity index (χ3n) is 6.24. The number of rotatable bonds is 14. The highest BCUT2D eigenvalue weighted by atomic mass is 32.1. The second-order valence-corrected chi connectivity index (χ2v) is 10.3. The third-order valence-corrected chi connectivity index (χ3v) is 8.08. The standard InChI is InChI=1S/C26H38O2S2/c1-5-9-11-19(7-3)16-27-22-15-24-25(26-21(22)13-14-29-26)23(18-30-24)28-17-20(8-4)12-10-6-2/h13-15,18-20H,5-12,16-17H2,1-4H3. The van der Waals surface area contributed by atoms with Crippen molar-refractivity contribution in [2.75, 3.05) is 13.2 Å². The fourth-order valence-electron chi connectivity index (χ4n) is 4.02. The van der Waals surface area contributed by atoms with E-state index in [-0.39, 0.29) is 0 Å². The van der Waals surface area contributed by atoms with Gasteiger partial charge in [0.2, 0.25) is 0 Å². The quantitative estimate of drug-likeness (QED) is 0.245. The van der Waals surface area contributed by atoms with Crippen LogP contribution in [0.1, 0.15) is 79.1 Å². The first-order chi connectivity index (χ1) is 14.7. The zero-order chi connectivity index (χ0) is 21.3. The smallest absolute Gasteiger partial charge is 0.139 e. The van der Waals surface area contributed by atoms with Gasteiger partial charge in [-0.1, -0.05) is 66.2 Å². The first-order valence-corrected chi connectivity index (χ1v) is 13.6. The summed E-state index contributed by atoms with van der Waals surface area (Å²) in [4.78, 5) is 0. The summed E-state index contributed by atoms with van der Waals surface area (Å²) in [6, 6.07) is 4.45. The molecular weight excluding hydrogens is 408 g/mol. The van der Waals surface area contributed by atoms with Crippen LogP contribution in [0.5, 0.6) is 11.5 Å². The Morgan fingerprint density at radius 2 is 1.47 bits per heavy atom. The van der Waals surface area contributed by atoms with E-state index in [1.807, 2.05) is 0 Å². The van der Waals surface area contributed by atoms with Crippen LogP contribution in [-0.2, 0) is 0 Å². The van der Waals surface area contributed by atoms with Crippen molar-refractivity contribution >= 4 is 42.8 Å². The number of fused-ring (bicyclic) bond motifs is 3. The first kappa shape index (κ1) is 23.4. The molecular formula is C26H38O2S2. The molecule has 0 N–H and O–H groups in total. The fraction of sp³-hybridized carbons (Fsp3) is 0.615. The molecule has 30 heavy (non-hydrogen) atoms. The van der Waals surface area contributed by atoms with E-state index in [9.17, 15) is 0 Å². The largest absolute Gasteiger partial charge is 0.493 e. The molecule has 0 aliphatic heterocycles. The minimum Gasteiger partial charge on any atom is -0.493 e. The monoisotopic (exact) mass is 446 g/mol.